The second-order valence-corrected chi connectivity index (χ2v) is 5.84. The summed E-state index contributed by atoms with van der Waals surface area (Å²) in [4.78, 5) is 34.1. The average molecular weight is 384 g/mol. The summed E-state index contributed by atoms with van der Waals surface area (Å²) in [6.07, 6.45) is 0. The van der Waals surface area contributed by atoms with Gasteiger partial charge in [0.1, 0.15) is 23.5 Å². The molecule has 0 saturated carbocycles. The van der Waals surface area contributed by atoms with Crippen molar-refractivity contribution in [3.8, 4) is 5.75 Å². The van der Waals surface area contributed by atoms with Crippen LogP contribution in [0, 0.1) is 10.1 Å². The van der Waals surface area contributed by atoms with Crippen molar-refractivity contribution >= 4 is 22.6 Å². The second kappa shape index (κ2) is 8.31. The van der Waals surface area contributed by atoms with Gasteiger partial charge in [-0.05, 0) is 35.9 Å². The molecule has 1 heterocycles. The van der Waals surface area contributed by atoms with Crippen molar-refractivity contribution in [2.45, 2.75) is 6.61 Å². The number of nitrogens with zero attached hydrogens (tertiary/aromatic N) is 1. The number of aliphatic hydroxyl groups is 1. The predicted molar refractivity (Wildman–Crippen MR) is 99.3 cm³/mol. The van der Waals surface area contributed by atoms with Crippen molar-refractivity contribution in [3.63, 3.8) is 0 Å². The first-order chi connectivity index (χ1) is 13.5. The van der Waals surface area contributed by atoms with Crippen molar-refractivity contribution in [1.82, 2.24) is 5.32 Å². The van der Waals surface area contributed by atoms with Crippen LogP contribution in [-0.4, -0.2) is 29.1 Å². The number of benzene rings is 2. The lowest BCUT2D eigenvalue weighted by molar-refractivity contribution is -0.384. The van der Waals surface area contributed by atoms with Crippen LogP contribution in [0.3, 0.4) is 0 Å². The third-order valence-electron chi connectivity index (χ3n) is 3.90. The summed E-state index contributed by atoms with van der Waals surface area (Å²) in [7, 11) is 0. The summed E-state index contributed by atoms with van der Waals surface area (Å²) < 4.78 is 10.8. The van der Waals surface area contributed by atoms with E-state index in [4.69, 9.17) is 14.3 Å². The maximum atomic E-state index is 12.0. The van der Waals surface area contributed by atoms with E-state index in [2.05, 4.69) is 5.32 Å². The quantitative estimate of drug-likeness (QED) is 0.362. The highest BCUT2D eigenvalue weighted by Crippen LogP contribution is 2.22. The van der Waals surface area contributed by atoms with E-state index < -0.39 is 16.5 Å². The van der Waals surface area contributed by atoms with Crippen molar-refractivity contribution < 1.29 is 24.0 Å². The Labute approximate surface area is 158 Å². The normalized spacial score (nSPS) is 10.6. The third kappa shape index (κ3) is 4.33. The van der Waals surface area contributed by atoms with Crippen LogP contribution < -0.4 is 15.7 Å². The summed E-state index contributed by atoms with van der Waals surface area (Å²) in [6.45, 7) is -0.0266. The van der Waals surface area contributed by atoms with E-state index in [9.17, 15) is 19.7 Å². The fraction of sp³-hybridized carbons (Fsp3) is 0.158. The molecule has 0 atom stereocenters. The smallest absolute Gasteiger partial charge is 0.349 e. The van der Waals surface area contributed by atoms with Gasteiger partial charge < -0.3 is 19.6 Å². The van der Waals surface area contributed by atoms with Crippen LogP contribution in [0.15, 0.2) is 57.7 Å². The summed E-state index contributed by atoms with van der Waals surface area (Å²) in [5.74, 6) is -0.185. The summed E-state index contributed by atoms with van der Waals surface area (Å²) in [5, 5.41) is 22.3. The Morgan fingerprint density at radius 3 is 2.61 bits per heavy atom. The zero-order chi connectivity index (χ0) is 20.1. The van der Waals surface area contributed by atoms with Gasteiger partial charge >= 0.3 is 5.63 Å². The molecule has 3 aromatic rings. The SMILES string of the molecule is O=C(NCCO)c1cc2ccc(OCc3ccc([N+](=O)[O-])cc3)cc2oc1=O. The number of ether oxygens (including phenoxy) is 1. The Balaban J connectivity index is 1.76. The first-order valence-corrected chi connectivity index (χ1v) is 8.31. The first-order valence-electron chi connectivity index (χ1n) is 8.31. The Kier molecular flexibility index (Phi) is 5.66. The van der Waals surface area contributed by atoms with Crippen LogP contribution in [0.4, 0.5) is 5.69 Å². The van der Waals surface area contributed by atoms with Gasteiger partial charge in [0.05, 0.1) is 11.5 Å². The molecule has 0 fully saturated rings. The number of nitro groups is 1. The molecule has 9 nitrogen and oxygen atoms in total. The standard InChI is InChI=1S/C19H16N2O7/c22-8-7-20-18(23)16-9-13-3-6-15(10-17(13)28-19(16)24)27-11-12-1-4-14(5-2-12)21(25)26/h1-6,9-10,22H,7-8,11H2,(H,20,23). The van der Waals surface area contributed by atoms with Gasteiger partial charge in [-0.25, -0.2) is 4.79 Å². The zero-order valence-electron chi connectivity index (χ0n) is 14.6. The maximum Gasteiger partial charge on any atom is 0.349 e. The minimum atomic E-state index is -0.796. The molecule has 2 aromatic carbocycles. The van der Waals surface area contributed by atoms with Gasteiger partial charge in [-0.2, -0.15) is 0 Å². The van der Waals surface area contributed by atoms with E-state index in [1.807, 2.05) is 0 Å². The molecular formula is C19H16N2O7. The number of fused-ring (bicyclic) bond motifs is 1. The number of hydrogen-bond acceptors (Lipinski definition) is 7. The molecule has 28 heavy (non-hydrogen) atoms. The molecule has 0 aliphatic heterocycles. The number of carbonyl (C=O) groups excluding carboxylic acids is 1. The number of aliphatic hydroxyl groups excluding tert-OH is 1. The van der Waals surface area contributed by atoms with Crippen molar-refractivity contribution in [2.75, 3.05) is 13.2 Å². The van der Waals surface area contributed by atoms with Crippen LogP contribution >= 0.6 is 0 Å². The number of carbonyl (C=O) groups is 1. The number of non-ortho nitro benzene ring substituents is 1. The van der Waals surface area contributed by atoms with Crippen molar-refractivity contribution in [1.29, 1.82) is 0 Å². The highest BCUT2D eigenvalue weighted by atomic mass is 16.6. The van der Waals surface area contributed by atoms with Gasteiger partial charge in [-0.3, -0.25) is 14.9 Å². The number of rotatable bonds is 7. The molecule has 0 unspecified atom stereocenters. The van der Waals surface area contributed by atoms with Crippen LogP contribution in [0.2, 0.25) is 0 Å². The minimum absolute atomic E-state index is 0.00457. The molecule has 0 saturated heterocycles. The van der Waals surface area contributed by atoms with Crippen molar-refractivity contribution in [3.05, 3.63) is 80.2 Å². The van der Waals surface area contributed by atoms with E-state index in [1.165, 1.54) is 24.3 Å². The average Bonchev–Trinajstić information content (AvgIpc) is 2.70. The Hall–Kier alpha value is -3.72. The largest absolute Gasteiger partial charge is 0.489 e. The summed E-state index contributed by atoms with van der Waals surface area (Å²) >= 11 is 0. The van der Waals surface area contributed by atoms with E-state index in [-0.39, 0.29) is 36.6 Å². The van der Waals surface area contributed by atoms with Crippen LogP contribution in [0.1, 0.15) is 15.9 Å². The predicted octanol–water partition coefficient (Wildman–Crippen LogP) is 2.00. The fourth-order valence-corrected chi connectivity index (χ4v) is 2.48. The molecule has 0 aliphatic carbocycles. The van der Waals surface area contributed by atoms with E-state index in [0.29, 0.717) is 11.1 Å². The molecule has 0 spiro atoms. The minimum Gasteiger partial charge on any atom is -0.489 e. The Morgan fingerprint density at radius 2 is 1.93 bits per heavy atom. The lowest BCUT2D eigenvalue weighted by Crippen LogP contribution is -2.30. The van der Waals surface area contributed by atoms with Crippen molar-refractivity contribution in [2.24, 2.45) is 0 Å². The summed E-state index contributed by atoms with van der Waals surface area (Å²) in [6, 6.07) is 12.2. The lowest BCUT2D eigenvalue weighted by Gasteiger charge is -2.08. The van der Waals surface area contributed by atoms with Gasteiger partial charge in [0, 0.05) is 30.1 Å². The highest BCUT2D eigenvalue weighted by molar-refractivity contribution is 5.96. The van der Waals surface area contributed by atoms with Crippen LogP contribution in [0.5, 0.6) is 5.75 Å². The van der Waals surface area contributed by atoms with Gasteiger partial charge in [-0.15, -0.1) is 0 Å². The van der Waals surface area contributed by atoms with Gasteiger partial charge in [-0.1, -0.05) is 0 Å². The lowest BCUT2D eigenvalue weighted by atomic mass is 10.1. The molecule has 0 bridgehead atoms. The summed E-state index contributed by atoms with van der Waals surface area (Å²) in [5.41, 5.74) is 0.0407. The first kappa shape index (κ1) is 19.1. The number of hydrogen-bond donors (Lipinski definition) is 2. The molecule has 1 amide bonds. The highest BCUT2D eigenvalue weighted by Gasteiger charge is 2.13. The Morgan fingerprint density at radius 1 is 1.18 bits per heavy atom. The molecular weight excluding hydrogens is 368 g/mol. The Bertz CT molecular complexity index is 1070. The molecule has 0 radical (unpaired) electrons. The fourth-order valence-electron chi connectivity index (χ4n) is 2.48. The van der Waals surface area contributed by atoms with Crippen LogP contribution in [0.25, 0.3) is 11.0 Å². The van der Waals surface area contributed by atoms with E-state index in [0.717, 1.165) is 5.56 Å². The molecule has 9 heteroatoms. The monoisotopic (exact) mass is 384 g/mol. The third-order valence-corrected chi connectivity index (χ3v) is 3.90. The molecule has 0 aliphatic rings. The van der Waals surface area contributed by atoms with Gasteiger partial charge in [0.25, 0.3) is 11.6 Å². The molecule has 1 aromatic heterocycles. The maximum absolute atomic E-state index is 12.0. The second-order valence-electron chi connectivity index (χ2n) is 5.84. The molecule has 3 rings (SSSR count). The topological polar surface area (TPSA) is 132 Å². The van der Waals surface area contributed by atoms with E-state index >= 15 is 0 Å². The number of nitro benzene ring substituents is 1. The van der Waals surface area contributed by atoms with Gasteiger partial charge in [0.15, 0.2) is 0 Å². The number of nitrogens with one attached hydrogen (secondary N) is 1. The van der Waals surface area contributed by atoms with Crippen LogP contribution in [-0.2, 0) is 6.61 Å². The van der Waals surface area contributed by atoms with Gasteiger partial charge in [0.2, 0.25) is 0 Å². The number of amides is 1. The van der Waals surface area contributed by atoms with E-state index in [1.54, 1.807) is 24.3 Å². The molecule has 2 N–H and O–H groups in total. The zero-order valence-corrected chi connectivity index (χ0v) is 14.6. The molecule has 144 valence electrons.